The van der Waals surface area contributed by atoms with E-state index < -0.39 is 0 Å². The summed E-state index contributed by atoms with van der Waals surface area (Å²) in [5.74, 6) is 0.827. The molecule has 1 aromatic carbocycles. The highest BCUT2D eigenvalue weighted by Gasteiger charge is 2.17. The Kier molecular flexibility index (Phi) is 7.14. The molecule has 0 aliphatic heterocycles. The second-order valence-electron chi connectivity index (χ2n) is 5.57. The number of nitrogens with zero attached hydrogens (tertiary/aromatic N) is 3. The number of hydrogen-bond acceptors (Lipinski definition) is 4. The number of amides is 1. The van der Waals surface area contributed by atoms with Crippen molar-refractivity contribution in [1.82, 2.24) is 19.7 Å². The van der Waals surface area contributed by atoms with Crippen LogP contribution in [-0.4, -0.2) is 45.8 Å². The standard InChI is InChI=1S/C17H24N4O2S/c1-3-7-15-18-19-17(24)21(15)13-16(22)20(10-11-23-2)12-14-8-5-4-6-9-14/h4-6,8-9H,3,7,10-13H2,1-2H3,(H,19,24). The first-order chi connectivity index (χ1) is 11.7. The van der Waals surface area contributed by atoms with Crippen molar-refractivity contribution in [3.8, 4) is 0 Å². The van der Waals surface area contributed by atoms with E-state index in [1.807, 2.05) is 30.3 Å². The van der Waals surface area contributed by atoms with Crippen molar-refractivity contribution in [3.63, 3.8) is 0 Å². The van der Waals surface area contributed by atoms with Gasteiger partial charge in [-0.3, -0.25) is 14.5 Å². The first-order valence-electron chi connectivity index (χ1n) is 8.10. The van der Waals surface area contributed by atoms with Gasteiger partial charge in [-0.2, -0.15) is 5.10 Å². The molecule has 0 unspecified atom stereocenters. The summed E-state index contributed by atoms with van der Waals surface area (Å²) < 4.78 is 7.41. The van der Waals surface area contributed by atoms with Gasteiger partial charge in [-0.25, -0.2) is 0 Å². The quantitative estimate of drug-likeness (QED) is 0.708. The zero-order valence-electron chi connectivity index (χ0n) is 14.2. The molecule has 0 saturated carbocycles. The summed E-state index contributed by atoms with van der Waals surface area (Å²) in [5.41, 5.74) is 1.09. The number of rotatable bonds is 9. The number of carbonyl (C=O) groups excluding carboxylic acids is 1. The zero-order valence-corrected chi connectivity index (χ0v) is 15.0. The van der Waals surface area contributed by atoms with Crippen molar-refractivity contribution < 1.29 is 9.53 Å². The lowest BCUT2D eigenvalue weighted by atomic mass is 10.2. The van der Waals surface area contributed by atoms with Crippen molar-refractivity contribution in [3.05, 3.63) is 46.5 Å². The second-order valence-corrected chi connectivity index (χ2v) is 5.96. The van der Waals surface area contributed by atoms with E-state index in [4.69, 9.17) is 17.0 Å². The lowest BCUT2D eigenvalue weighted by Gasteiger charge is -2.23. The van der Waals surface area contributed by atoms with E-state index >= 15 is 0 Å². The number of aromatic amines is 1. The number of ether oxygens (including phenoxy) is 1. The molecular weight excluding hydrogens is 324 g/mol. The van der Waals surface area contributed by atoms with Crippen molar-refractivity contribution in [1.29, 1.82) is 0 Å². The SMILES string of the molecule is CCCc1n[nH]c(=S)n1CC(=O)N(CCOC)Cc1ccccc1. The minimum atomic E-state index is 0.00533. The Morgan fingerprint density at radius 1 is 1.38 bits per heavy atom. The van der Waals surface area contributed by atoms with Crippen LogP contribution in [0.3, 0.4) is 0 Å². The lowest BCUT2D eigenvalue weighted by Crippen LogP contribution is -2.36. The van der Waals surface area contributed by atoms with E-state index in [9.17, 15) is 4.79 Å². The average molecular weight is 348 g/mol. The van der Waals surface area contributed by atoms with Gasteiger partial charge in [0.05, 0.1) is 6.61 Å². The Hall–Kier alpha value is -1.99. The molecule has 6 nitrogen and oxygen atoms in total. The third kappa shape index (κ3) is 5.01. The molecule has 130 valence electrons. The summed E-state index contributed by atoms with van der Waals surface area (Å²) in [6.45, 7) is 3.86. The zero-order chi connectivity index (χ0) is 17.4. The molecule has 0 saturated heterocycles. The number of aryl methyl sites for hydroxylation is 1. The van der Waals surface area contributed by atoms with Crippen LogP contribution in [0, 0.1) is 4.77 Å². The van der Waals surface area contributed by atoms with Gasteiger partial charge in [0.25, 0.3) is 0 Å². The largest absolute Gasteiger partial charge is 0.383 e. The molecule has 1 N–H and O–H groups in total. The topological polar surface area (TPSA) is 63.2 Å². The number of nitrogens with one attached hydrogen (secondary N) is 1. The fraction of sp³-hybridized carbons (Fsp3) is 0.471. The normalized spacial score (nSPS) is 10.8. The van der Waals surface area contributed by atoms with Crippen LogP contribution in [0.2, 0.25) is 0 Å². The number of aromatic nitrogens is 3. The summed E-state index contributed by atoms with van der Waals surface area (Å²) in [5, 5.41) is 6.99. The number of carbonyl (C=O) groups is 1. The van der Waals surface area contributed by atoms with E-state index in [1.165, 1.54) is 0 Å². The average Bonchev–Trinajstić information content (AvgIpc) is 2.93. The number of H-pyrrole nitrogens is 1. The van der Waals surface area contributed by atoms with Crippen LogP contribution in [0.5, 0.6) is 0 Å². The van der Waals surface area contributed by atoms with Gasteiger partial charge < -0.3 is 9.64 Å². The fourth-order valence-corrected chi connectivity index (χ4v) is 2.68. The highest BCUT2D eigenvalue weighted by Crippen LogP contribution is 2.08. The molecule has 0 fully saturated rings. The van der Waals surface area contributed by atoms with Crippen molar-refractivity contribution in [2.75, 3.05) is 20.3 Å². The Morgan fingerprint density at radius 2 is 2.12 bits per heavy atom. The molecule has 0 atom stereocenters. The van der Waals surface area contributed by atoms with Crippen LogP contribution in [0.1, 0.15) is 24.7 Å². The van der Waals surface area contributed by atoms with Crippen LogP contribution >= 0.6 is 12.2 Å². The van der Waals surface area contributed by atoms with E-state index in [1.54, 1.807) is 16.6 Å². The maximum atomic E-state index is 12.8. The van der Waals surface area contributed by atoms with E-state index in [2.05, 4.69) is 17.1 Å². The van der Waals surface area contributed by atoms with Gasteiger partial charge in [0.2, 0.25) is 5.91 Å². The second kappa shape index (κ2) is 9.34. The summed E-state index contributed by atoms with van der Waals surface area (Å²) in [4.78, 5) is 14.6. The Bertz CT molecular complexity index is 696. The lowest BCUT2D eigenvalue weighted by molar-refractivity contribution is -0.133. The molecule has 1 amide bonds. The molecular formula is C17H24N4O2S. The number of hydrogen-bond donors (Lipinski definition) is 1. The smallest absolute Gasteiger partial charge is 0.243 e. The van der Waals surface area contributed by atoms with Gasteiger partial charge >= 0.3 is 0 Å². The fourth-order valence-electron chi connectivity index (χ4n) is 2.46. The van der Waals surface area contributed by atoms with Crippen molar-refractivity contribution in [2.24, 2.45) is 0 Å². The molecule has 2 rings (SSSR count). The molecule has 0 bridgehead atoms. The van der Waals surface area contributed by atoms with Gasteiger partial charge in [-0.15, -0.1) is 0 Å². The Balaban J connectivity index is 2.12. The minimum absolute atomic E-state index is 0.00533. The van der Waals surface area contributed by atoms with Crippen LogP contribution < -0.4 is 0 Å². The first-order valence-corrected chi connectivity index (χ1v) is 8.51. The van der Waals surface area contributed by atoms with Crippen LogP contribution in [0.4, 0.5) is 0 Å². The molecule has 0 radical (unpaired) electrons. The third-order valence-electron chi connectivity index (χ3n) is 3.74. The van der Waals surface area contributed by atoms with E-state index in [0.717, 1.165) is 24.2 Å². The molecule has 0 aliphatic carbocycles. The molecule has 0 aliphatic rings. The molecule has 2 aromatic rings. The van der Waals surface area contributed by atoms with E-state index in [0.29, 0.717) is 24.5 Å². The van der Waals surface area contributed by atoms with Crippen LogP contribution in [0.15, 0.2) is 30.3 Å². The summed E-state index contributed by atoms with van der Waals surface area (Å²) in [6.07, 6.45) is 1.74. The number of methoxy groups -OCH3 is 1. The van der Waals surface area contributed by atoms with Crippen molar-refractivity contribution in [2.45, 2.75) is 32.9 Å². The summed E-state index contributed by atoms with van der Waals surface area (Å²) in [7, 11) is 1.64. The van der Waals surface area contributed by atoms with Crippen molar-refractivity contribution >= 4 is 18.1 Å². The molecule has 1 aromatic heterocycles. The predicted molar refractivity (Wildman–Crippen MR) is 95.1 cm³/mol. The van der Waals surface area contributed by atoms with Gasteiger partial charge in [0, 0.05) is 26.6 Å². The Labute approximate surface area is 147 Å². The summed E-state index contributed by atoms with van der Waals surface area (Å²) >= 11 is 5.26. The maximum Gasteiger partial charge on any atom is 0.243 e. The van der Waals surface area contributed by atoms with Crippen LogP contribution in [0.25, 0.3) is 0 Å². The highest BCUT2D eigenvalue weighted by atomic mass is 32.1. The third-order valence-corrected chi connectivity index (χ3v) is 4.05. The molecule has 1 heterocycles. The van der Waals surface area contributed by atoms with E-state index in [-0.39, 0.29) is 12.5 Å². The van der Waals surface area contributed by atoms with Gasteiger partial charge in [-0.1, -0.05) is 37.3 Å². The first kappa shape index (κ1) is 18.4. The number of benzene rings is 1. The predicted octanol–water partition coefficient (Wildman–Crippen LogP) is 2.57. The van der Waals surface area contributed by atoms with Gasteiger partial charge in [-0.05, 0) is 24.2 Å². The molecule has 0 spiro atoms. The molecule has 7 heteroatoms. The highest BCUT2D eigenvalue weighted by molar-refractivity contribution is 7.71. The summed E-state index contributed by atoms with van der Waals surface area (Å²) in [6, 6.07) is 9.94. The minimum Gasteiger partial charge on any atom is -0.383 e. The maximum absolute atomic E-state index is 12.8. The monoisotopic (exact) mass is 348 g/mol. The molecule has 24 heavy (non-hydrogen) atoms. The Morgan fingerprint density at radius 3 is 2.79 bits per heavy atom. The van der Waals surface area contributed by atoms with Crippen LogP contribution in [-0.2, 0) is 29.0 Å². The van der Waals surface area contributed by atoms with Gasteiger partial charge in [0.15, 0.2) is 4.77 Å². The van der Waals surface area contributed by atoms with Gasteiger partial charge in [0.1, 0.15) is 12.4 Å².